The molecule has 0 saturated carbocycles. The highest BCUT2D eigenvalue weighted by Gasteiger charge is 2.20. The molecule has 0 aliphatic rings. The predicted octanol–water partition coefficient (Wildman–Crippen LogP) is 0.683. The van der Waals surface area contributed by atoms with Crippen molar-refractivity contribution in [3.05, 3.63) is 24.0 Å². The largest absolute Gasteiger partial charge is 0.494 e. The van der Waals surface area contributed by atoms with Crippen LogP contribution >= 0.6 is 0 Å². The van der Waals surface area contributed by atoms with Crippen LogP contribution in [-0.4, -0.2) is 35.1 Å². The fourth-order valence-electron chi connectivity index (χ4n) is 1.30. The number of pyridine rings is 1. The third-order valence-corrected chi connectivity index (χ3v) is 2.26. The molecule has 1 aromatic rings. The van der Waals surface area contributed by atoms with E-state index in [4.69, 9.17) is 9.84 Å². The molecule has 1 aromatic heterocycles. The van der Waals surface area contributed by atoms with Gasteiger partial charge in [-0.1, -0.05) is 6.92 Å². The van der Waals surface area contributed by atoms with Crippen LogP contribution in [0.25, 0.3) is 0 Å². The molecule has 1 rings (SSSR count). The van der Waals surface area contributed by atoms with Gasteiger partial charge in [-0.15, -0.1) is 0 Å². The molecule has 0 unspecified atom stereocenters. The smallest absolute Gasteiger partial charge is 0.326 e. The maximum atomic E-state index is 11.8. The second kappa shape index (κ2) is 5.83. The van der Waals surface area contributed by atoms with Gasteiger partial charge in [0.15, 0.2) is 0 Å². The second-order valence-electron chi connectivity index (χ2n) is 3.35. The number of aromatic nitrogens is 1. The van der Waals surface area contributed by atoms with E-state index in [1.807, 2.05) is 0 Å². The van der Waals surface area contributed by atoms with Gasteiger partial charge in [0, 0.05) is 6.20 Å². The summed E-state index contributed by atoms with van der Waals surface area (Å²) in [5.74, 6) is -1.24. The summed E-state index contributed by atoms with van der Waals surface area (Å²) in [6, 6.07) is 0.573. The summed E-state index contributed by atoms with van der Waals surface area (Å²) in [6.45, 7) is 1.68. The number of aliphatic carboxylic acids is 1. The van der Waals surface area contributed by atoms with Crippen molar-refractivity contribution >= 4 is 11.9 Å². The monoisotopic (exact) mass is 238 g/mol. The summed E-state index contributed by atoms with van der Waals surface area (Å²) in [4.78, 5) is 26.4. The third-order valence-electron chi connectivity index (χ3n) is 2.26. The van der Waals surface area contributed by atoms with Crippen molar-refractivity contribution in [3.8, 4) is 5.75 Å². The highest BCUT2D eigenvalue weighted by Crippen LogP contribution is 2.15. The average Bonchev–Trinajstić information content (AvgIpc) is 2.35. The van der Waals surface area contributed by atoms with Crippen LogP contribution in [0.5, 0.6) is 5.75 Å². The number of rotatable bonds is 5. The Hall–Kier alpha value is -2.11. The van der Waals surface area contributed by atoms with Crippen molar-refractivity contribution in [3.63, 3.8) is 0 Å². The minimum absolute atomic E-state index is 0.266. The Balaban J connectivity index is 2.86. The topological polar surface area (TPSA) is 88.5 Å². The van der Waals surface area contributed by atoms with Gasteiger partial charge in [0.05, 0.1) is 18.9 Å². The molecular formula is C11H14N2O4. The molecule has 1 atom stereocenters. The summed E-state index contributed by atoms with van der Waals surface area (Å²) < 4.78 is 4.97. The number of carboxylic acid groups (broad SMARTS) is 1. The molecule has 0 spiro atoms. The fourth-order valence-corrected chi connectivity index (χ4v) is 1.30. The summed E-state index contributed by atoms with van der Waals surface area (Å²) in [7, 11) is 1.42. The molecule has 6 heteroatoms. The van der Waals surface area contributed by atoms with Crippen LogP contribution in [0.3, 0.4) is 0 Å². The first kappa shape index (κ1) is 13.0. The van der Waals surface area contributed by atoms with Crippen LogP contribution in [0, 0.1) is 0 Å². The molecule has 0 aliphatic heterocycles. The van der Waals surface area contributed by atoms with E-state index in [1.54, 1.807) is 6.92 Å². The molecule has 0 radical (unpaired) electrons. The van der Waals surface area contributed by atoms with Gasteiger partial charge in [-0.2, -0.15) is 0 Å². The molecule has 17 heavy (non-hydrogen) atoms. The van der Waals surface area contributed by atoms with E-state index in [2.05, 4.69) is 10.3 Å². The standard InChI is InChI=1S/C11H14N2O4/c1-3-8(11(15)16)13-10(14)7-4-5-12-6-9(7)17-2/h4-6,8H,3H2,1-2H3,(H,13,14)(H,15,16)/t8-/m0/s1. The van der Waals surface area contributed by atoms with E-state index in [9.17, 15) is 9.59 Å². The first-order valence-electron chi connectivity index (χ1n) is 5.11. The van der Waals surface area contributed by atoms with Crippen molar-refractivity contribution in [1.82, 2.24) is 10.3 Å². The molecule has 0 bridgehead atoms. The Kier molecular flexibility index (Phi) is 4.45. The average molecular weight is 238 g/mol. The Morgan fingerprint density at radius 2 is 2.29 bits per heavy atom. The SMILES string of the molecule is CC[C@H](NC(=O)c1ccncc1OC)C(=O)O. The van der Waals surface area contributed by atoms with Crippen molar-refractivity contribution in [2.24, 2.45) is 0 Å². The van der Waals surface area contributed by atoms with Crippen LogP contribution < -0.4 is 10.1 Å². The Bertz CT molecular complexity index is 420. The van der Waals surface area contributed by atoms with Crippen molar-refractivity contribution in [1.29, 1.82) is 0 Å². The molecule has 6 nitrogen and oxygen atoms in total. The number of methoxy groups -OCH3 is 1. The summed E-state index contributed by atoms with van der Waals surface area (Å²) in [5.41, 5.74) is 0.266. The second-order valence-corrected chi connectivity index (χ2v) is 3.35. The predicted molar refractivity (Wildman–Crippen MR) is 60.0 cm³/mol. The molecule has 1 heterocycles. The van der Waals surface area contributed by atoms with Gasteiger partial charge in [0.1, 0.15) is 11.8 Å². The molecule has 0 aromatic carbocycles. The molecule has 0 aliphatic carbocycles. The van der Waals surface area contributed by atoms with Crippen molar-refractivity contribution in [2.75, 3.05) is 7.11 Å². The van der Waals surface area contributed by atoms with E-state index in [0.29, 0.717) is 12.2 Å². The summed E-state index contributed by atoms with van der Waals surface area (Å²) >= 11 is 0. The number of amides is 1. The van der Waals surface area contributed by atoms with Crippen LogP contribution in [0.2, 0.25) is 0 Å². The lowest BCUT2D eigenvalue weighted by atomic mass is 10.2. The van der Waals surface area contributed by atoms with Gasteiger partial charge in [-0.25, -0.2) is 4.79 Å². The van der Waals surface area contributed by atoms with E-state index in [1.165, 1.54) is 25.6 Å². The highest BCUT2D eigenvalue weighted by molar-refractivity contribution is 5.98. The van der Waals surface area contributed by atoms with Crippen LogP contribution in [0.4, 0.5) is 0 Å². The van der Waals surface area contributed by atoms with Crippen LogP contribution in [-0.2, 0) is 4.79 Å². The number of nitrogens with one attached hydrogen (secondary N) is 1. The highest BCUT2D eigenvalue weighted by atomic mass is 16.5. The Morgan fingerprint density at radius 1 is 1.59 bits per heavy atom. The van der Waals surface area contributed by atoms with Gasteiger partial charge in [0.2, 0.25) is 0 Å². The lowest BCUT2D eigenvalue weighted by Crippen LogP contribution is -2.40. The number of carbonyl (C=O) groups excluding carboxylic acids is 1. The van der Waals surface area contributed by atoms with Gasteiger partial charge < -0.3 is 15.2 Å². The van der Waals surface area contributed by atoms with E-state index in [-0.39, 0.29) is 5.56 Å². The normalized spacial score (nSPS) is 11.6. The minimum Gasteiger partial charge on any atom is -0.494 e. The molecule has 92 valence electrons. The summed E-state index contributed by atoms with van der Waals surface area (Å²) in [6.07, 6.45) is 3.16. The molecular weight excluding hydrogens is 224 g/mol. The molecule has 1 amide bonds. The zero-order chi connectivity index (χ0) is 12.8. The van der Waals surface area contributed by atoms with Crippen molar-refractivity contribution < 1.29 is 19.4 Å². The maximum Gasteiger partial charge on any atom is 0.326 e. The number of nitrogens with zero attached hydrogens (tertiary/aromatic N) is 1. The van der Waals surface area contributed by atoms with E-state index in [0.717, 1.165) is 0 Å². The molecule has 0 fully saturated rings. The van der Waals surface area contributed by atoms with Gasteiger partial charge in [0.25, 0.3) is 5.91 Å². The quantitative estimate of drug-likeness (QED) is 0.787. The molecule has 2 N–H and O–H groups in total. The first-order valence-corrected chi connectivity index (χ1v) is 5.11. The summed E-state index contributed by atoms with van der Waals surface area (Å²) in [5, 5.41) is 11.2. The maximum absolute atomic E-state index is 11.8. The lowest BCUT2D eigenvalue weighted by Gasteiger charge is -2.13. The third kappa shape index (κ3) is 3.17. The Labute approximate surface area is 98.6 Å². The molecule has 0 saturated heterocycles. The van der Waals surface area contributed by atoms with E-state index >= 15 is 0 Å². The lowest BCUT2D eigenvalue weighted by molar-refractivity contribution is -0.139. The van der Waals surface area contributed by atoms with Crippen LogP contribution in [0.1, 0.15) is 23.7 Å². The number of ether oxygens (including phenoxy) is 1. The number of carboxylic acids is 1. The number of hydrogen-bond donors (Lipinski definition) is 2. The van der Waals surface area contributed by atoms with Gasteiger partial charge in [-0.05, 0) is 12.5 Å². The first-order chi connectivity index (χ1) is 8.10. The van der Waals surface area contributed by atoms with Crippen LogP contribution in [0.15, 0.2) is 18.5 Å². The zero-order valence-electron chi connectivity index (χ0n) is 9.64. The fraction of sp³-hybridized carbons (Fsp3) is 0.364. The number of carbonyl (C=O) groups is 2. The van der Waals surface area contributed by atoms with Gasteiger partial charge in [-0.3, -0.25) is 9.78 Å². The van der Waals surface area contributed by atoms with Crippen molar-refractivity contribution in [2.45, 2.75) is 19.4 Å². The zero-order valence-corrected chi connectivity index (χ0v) is 9.64. The van der Waals surface area contributed by atoms with E-state index < -0.39 is 17.9 Å². The Morgan fingerprint density at radius 3 is 2.82 bits per heavy atom. The number of hydrogen-bond acceptors (Lipinski definition) is 4. The minimum atomic E-state index is -1.06. The van der Waals surface area contributed by atoms with Gasteiger partial charge >= 0.3 is 5.97 Å².